The molecule has 1 aromatic heterocycles. The first-order chi connectivity index (χ1) is 9.62. The van der Waals surface area contributed by atoms with Crippen molar-refractivity contribution in [2.75, 3.05) is 17.9 Å². The highest BCUT2D eigenvalue weighted by atomic mass is 16.5. The number of nitrogens with one attached hydrogen (secondary N) is 2. The Kier molecular flexibility index (Phi) is 4.31. The maximum atomic E-state index is 5.31. The number of ether oxygens (including phenoxy) is 1. The highest BCUT2D eigenvalue weighted by Gasteiger charge is 2.07. The van der Waals surface area contributed by atoms with Gasteiger partial charge in [-0.15, -0.1) is 0 Å². The third-order valence-electron chi connectivity index (χ3n) is 2.74. The molecular formula is C13H18N6O. The molecule has 20 heavy (non-hydrogen) atoms. The number of nitrogen functional groups attached to an aromatic ring is 1. The van der Waals surface area contributed by atoms with Gasteiger partial charge in [0.1, 0.15) is 0 Å². The molecular weight excluding hydrogens is 256 g/mol. The van der Waals surface area contributed by atoms with Crippen LogP contribution in [0.15, 0.2) is 24.3 Å². The van der Waals surface area contributed by atoms with Crippen molar-refractivity contribution in [3.8, 4) is 6.01 Å². The van der Waals surface area contributed by atoms with Crippen LogP contribution in [0.1, 0.15) is 25.3 Å². The van der Waals surface area contributed by atoms with E-state index in [9.17, 15) is 0 Å². The molecule has 2 rings (SSSR count). The molecule has 7 nitrogen and oxygen atoms in total. The topological polar surface area (TPSA) is 98.0 Å². The van der Waals surface area contributed by atoms with Crippen molar-refractivity contribution < 1.29 is 4.74 Å². The van der Waals surface area contributed by atoms with Gasteiger partial charge >= 0.3 is 6.01 Å². The summed E-state index contributed by atoms with van der Waals surface area (Å²) in [6.45, 7) is 4.28. The van der Waals surface area contributed by atoms with Crippen molar-refractivity contribution in [3.05, 3.63) is 29.8 Å². The van der Waals surface area contributed by atoms with Crippen LogP contribution in [-0.4, -0.2) is 22.1 Å². The maximum absolute atomic E-state index is 5.31. The van der Waals surface area contributed by atoms with Gasteiger partial charge < -0.3 is 10.1 Å². The van der Waals surface area contributed by atoms with E-state index in [2.05, 4.69) is 51.7 Å². The zero-order chi connectivity index (χ0) is 14.5. The Morgan fingerprint density at radius 1 is 1.15 bits per heavy atom. The van der Waals surface area contributed by atoms with E-state index in [1.165, 1.54) is 12.7 Å². The van der Waals surface area contributed by atoms with E-state index in [1.807, 2.05) is 12.1 Å². The Hall–Kier alpha value is -2.41. The number of methoxy groups -OCH3 is 1. The molecule has 0 unspecified atom stereocenters. The molecule has 1 aromatic carbocycles. The standard InChI is InChI=1S/C13H18N6O/c1-8(2)9-5-4-6-10(7-9)15-11-16-12(19-14)18-13(17-11)20-3/h4-8H,14H2,1-3H3,(H2,15,16,17,18,19). The van der Waals surface area contributed by atoms with E-state index < -0.39 is 0 Å². The highest BCUT2D eigenvalue weighted by Crippen LogP contribution is 2.21. The minimum absolute atomic E-state index is 0.190. The van der Waals surface area contributed by atoms with E-state index in [0.717, 1.165) is 5.69 Å². The van der Waals surface area contributed by atoms with Gasteiger partial charge in [0, 0.05) is 5.69 Å². The third kappa shape index (κ3) is 3.33. The van der Waals surface area contributed by atoms with Crippen molar-refractivity contribution in [2.24, 2.45) is 5.84 Å². The SMILES string of the molecule is COc1nc(NN)nc(Nc2cccc(C(C)C)c2)n1. The minimum Gasteiger partial charge on any atom is -0.467 e. The van der Waals surface area contributed by atoms with Gasteiger partial charge in [0.25, 0.3) is 0 Å². The number of benzene rings is 1. The first kappa shape index (κ1) is 14.0. The lowest BCUT2D eigenvalue weighted by Crippen LogP contribution is -2.13. The second-order valence-electron chi connectivity index (χ2n) is 4.52. The Labute approximate surface area is 117 Å². The van der Waals surface area contributed by atoms with Gasteiger partial charge in [-0.05, 0) is 23.6 Å². The number of hydrazine groups is 1. The summed E-state index contributed by atoms with van der Waals surface area (Å²) >= 11 is 0. The molecule has 106 valence electrons. The predicted molar refractivity (Wildman–Crippen MR) is 78.0 cm³/mol. The van der Waals surface area contributed by atoms with Crippen LogP contribution in [-0.2, 0) is 0 Å². The first-order valence-electron chi connectivity index (χ1n) is 6.26. The summed E-state index contributed by atoms with van der Waals surface area (Å²) in [4.78, 5) is 12.2. The monoisotopic (exact) mass is 274 g/mol. The van der Waals surface area contributed by atoms with Gasteiger partial charge in [-0.25, -0.2) is 5.84 Å². The first-order valence-corrected chi connectivity index (χ1v) is 6.26. The van der Waals surface area contributed by atoms with Crippen LogP contribution in [0, 0.1) is 0 Å². The van der Waals surface area contributed by atoms with Crippen molar-refractivity contribution in [1.82, 2.24) is 15.0 Å². The Morgan fingerprint density at radius 2 is 1.90 bits per heavy atom. The Balaban J connectivity index is 2.27. The molecule has 0 atom stereocenters. The summed E-state index contributed by atoms with van der Waals surface area (Å²) in [6.07, 6.45) is 0. The van der Waals surface area contributed by atoms with Crippen LogP contribution >= 0.6 is 0 Å². The summed E-state index contributed by atoms with van der Waals surface area (Å²) in [5.41, 5.74) is 4.50. The van der Waals surface area contributed by atoms with Crippen molar-refractivity contribution in [2.45, 2.75) is 19.8 Å². The van der Waals surface area contributed by atoms with Crippen LogP contribution in [0.25, 0.3) is 0 Å². The molecule has 0 aliphatic heterocycles. The fourth-order valence-corrected chi connectivity index (χ4v) is 1.67. The second kappa shape index (κ2) is 6.16. The van der Waals surface area contributed by atoms with Gasteiger partial charge in [-0.3, -0.25) is 5.43 Å². The zero-order valence-corrected chi connectivity index (χ0v) is 11.7. The number of hydrogen-bond donors (Lipinski definition) is 3. The molecule has 0 aliphatic rings. The van der Waals surface area contributed by atoms with Crippen LogP contribution < -0.4 is 21.3 Å². The van der Waals surface area contributed by atoms with E-state index in [1.54, 1.807) is 0 Å². The third-order valence-corrected chi connectivity index (χ3v) is 2.74. The Bertz CT molecular complexity index is 565. The van der Waals surface area contributed by atoms with E-state index >= 15 is 0 Å². The lowest BCUT2D eigenvalue weighted by molar-refractivity contribution is 0.379. The van der Waals surface area contributed by atoms with Crippen LogP contribution in [0.5, 0.6) is 6.01 Å². The fourth-order valence-electron chi connectivity index (χ4n) is 1.67. The van der Waals surface area contributed by atoms with Gasteiger partial charge in [-0.2, -0.15) is 15.0 Å². The summed E-state index contributed by atoms with van der Waals surface area (Å²) in [5, 5.41) is 3.11. The number of hydrogen-bond acceptors (Lipinski definition) is 7. The van der Waals surface area contributed by atoms with E-state index in [0.29, 0.717) is 11.9 Å². The lowest BCUT2D eigenvalue weighted by atomic mass is 10.0. The molecule has 0 fully saturated rings. The maximum Gasteiger partial charge on any atom is 0.322 e. The average molecular weight is 274 g/mol. The molecule has 0 saturated carbocycles. The van der Waals surface area contributed by atoms with Gasteiger partial charge in [0.2, 0.25) is 11.9 Å². The predicted octanol–water partition coefficient (Wildman–Crippen LogP) is 2.03. The lowest BCUT2D eigenvalue weighted by Gasteiger charge is -2.10. The summed E-state index contributed by atoms with van der Waals surface area (Å²) < 4.78 is 5.00. The fraction of sp³-hybridized carbons (Fsp3) is 0.308. The molecule has 0 saturated heterocycles. The number of rotatable bonds is 5. The van der Waals surface area contributed by atoms with Crippen LogP contribution in [0.4, 0.5) is 17.6 Å². The highest BCUT2D eigenvalue weighted by molar-refractivity contribution is 5.55. The van der Waals surface area contributed by atoms with E-state index in [4.69, 9.17) is 10.6 Å². The Morgan fingerprint density at radius 3 is 2.55 bits per heavy atom. The van der Waals surface area contributed by atoms with Gasteiger partial charge in [0.05, 0.1) is 7.11 Å². The molecule has 0 bridgehead atoms. The van der Waals surface area contributed by atoms with Crippen molar-refractivity contribution in [3.63, 3.8) is 0 Å². The molecule has 1 heterocycles. The second-order valence-corrected chi connectivity index (χ2v) is 4.52. The number of nitrogens with two attached hydrogens (primary N) is 1. The van der Waals surface area contributed by atoms with Crippen molar-refractivity contribution in [1.29, 1.82) is 0 Å². The molecule has 4 N–H and O–H groups in total. The summed E-state index contributed by atoms with van der Waals surface area (Å²) in [5.74, 6) is 6.37. The number of anilines is 3. The molecule has 7 heteroatoms. The molecule has 0 amide bonds. The van der Waals surface area contributed by atoms with Gasteiger partial charge in [0.15, 0.2) is 0 Å². The average Bonchev–Trinajstić information content (AvgIpc) is 2.47. The molecule has 2 aromatic rings. The van der Waals surface area contributed by atoms with Crippen molar-refractivity contribution >= 4 is 17.6 Å². The van der Waals surface area contributed by atoms with Crippen LogP contribution in [0.2, 0.25) is 0 Å². The van der Waals surface area contributed by atoms with Gasteiger partial charge in [-0.1, -0.05) is 26.0 Å². The smallest absolute Gasteiger partial charge is 0.322 e. The zero-order valence-electron chi connectivity index (χ0n) is 11.7. The van der Waals surface area contributed by atoms with Crippen LogP contribution in [0.3, 0.4) is 0 Å². The summed E-state index contributed by atoms with van der Waals surface area (Å²) in [6, 6.07) is 8.25. The molecule has 0 aliphatic carbocycles. The largest absolute Gasteiger partial charge is 0.467 e. The molecule has 0 spiro atoms. The number of nitrogens with zero attached hydrogens (tertiary/aromatic N) is 3. The number of aromatic nitrogens is 3. The quantitative estimate of drug-likeness (QED) is 0.566. The summed E-state index contributed by atoms with van der Waals surface area (Å²) in [7, 11) is 1.48. The normalized spacial score (nSPS) is 10.4. The minimum atomic E-state index is 0.190. The molecule has 0 radical (unpaired) electrons. The van der Waals surface area contributed by atoms with E-state index in [-0.39, 0.29) is 12.0 Å².